The normalized spacial score (nSPS) is 10.8. The summed E-state index contributed by atoms with van der Waals surface area (Å²) >= 11 is 0. The van der Waals surface area contributed by atoms with Gasteiger partial charge in [-0.2, -0.15) is 5.10 Å². The first-order chi connectivity index (χ1) is 8.13. The monoisotopic (exact) mass is 230 g/mol. The van der Waals surface area contributed by atoms with Gasteiger partial charge in [-0.15, -0.1) is 0 Å². The molecular weight excluding hydrogens is 212 g/mol. The minimum atomic E-state index is 0.760. The summed E-state index contributed by atoms with van der Waals surface area (Å²) in [7, 11) is 1.88. The number of aryl methyl sites for hydroxylation is 2. The molecule has 0 atom stereocenters. The van der Waals surface area contributed by atoms with Crippen molar-refractivity contribution in [1.29, 1.82) is 0 Å². The van der Waals surface area contributed by atoms with Crippen molar-refractivity contribution >= 4 is 5.82 Å². The molecule has 0 amide bonds. The van der Waals surface area contributed by atoms with Crippen LogP contribution in [0.25, 0.3) is 11.3 Å². The zero-order valence-corrected chi connectivity index (χ0v) is 10.6. The van der Waals surface area contributed by atoms with Crippen LogP contribution in [0.5, 0.6) is 0 Å². The van der Waals surface area contributed by atoms with Crippen molar-refractivity contribution in [2.75, 3.05) is 5.73 Å². The van der Waals surface area contributed by atoms with Gasteiger partial charge in [-0.3, -0.25) is 9.67 Å². The first-order valence-corrected chi connectivity index (χ1v) is 5.87. The minimum absolute atomic E-state index is 0.760. The van der Waals surface area contributed by atoms with E-state index in [1.165, 1.54) is 0 Å². The van der Waals surface area contributed by atoms with Crippen molar-refractivity contribution in [3.8, 4) is 11.3 Å². The third kappa shape index (κ3) is 2.16. The summed E-state index contributed by atoms with van der Waals surface area (Å²) in [5.41, 5.74) is 10.3. The van der Waals surface area contributed by atoms with E-state index in [9.17, 15) is 0 Å². The van der Waals surface area contributed by atoms with Gasteiger partial charge in [-0.05, 0) is 25.5 Å². The van der Waals surface area contributed by atoms with Crippen LogP contribution < -0.4 is 5.73 Å². The highest BCUT2D eigenvalue weighted by Crippen LogP contribution is 2.27. The zero-order valence-electron chi connectivity index (χ0n) is 10.6. The average molecular weight is 230 g/mol. The van der Waals surface area contributed by atoms with E-state index in [4.69, 9.17) is 5.73 Å². The number of nitrogens with two attached hydrogens (primary N) is 1. The summed E-state index contributed by atoms with van der Waals surface area (Å²) in [6.07, 6.45) is 3.83. The molecule has 0 aliphatic carbocycles. The Hall–Kier alpha value is -1.84. The van der Waals surface area contributed by atoms with Crippen LogP contribution in [-0.2, 0) is 13.5 Å². The van der Waals surface area contributed by atoms with Crippen LogP contribution in [0.4, 0.5) is 5.82 Å². The van der Waals surface area contributed by atoms with E-state index in [0.29, 0.717) is 0 Å². The summed E-state index contributed by atoms with van der Waals surface area (Å²) in [4.78, 5) is 4.20. The van der Waals surface area contributed by atoms with Crippen molar-refractivity contribution in [1.82, 2.24) is 14.8 Å². The number of pyridine rings is 1. The summed E-state index contributed by atoms with van der Waals surface area (Å²) in [5.74, 6) is 0.760. The Morgan fingerprint density at radius 2 is 2.18 bits per heavy atom. The average Bonchev–Trinajstić information content (AvgIpc) is 2.58. The van der Waals surface area contributed by atoms with Gasteiger partial charge in [0.25, 0.3) is 0 Å². The zero-order chi connectivity index (χ0) is 12.4. The fourth-order valence-electron chi connectivity index (χ4n) is 2.00. The third-order valence-corrected chi connectivity index (χ3v) is 2.86. The highest BCUT2D eigenvalue weighted by atomic mass is 15.3. The summed E-state index contributed by atoms with van der Waals surface area (Å²) < 4.78 is 1.75. The van der Waals surface area contributed by atoms with Crippen LogP contribution in [0.15, 0.2) is 18.3 Å². The predicted molar refractivity (Wildman–Crippen MR) is 69.6 cm³/mol. The van der Waals surface area contributed by atoms with Gasteiger partial charge in [-0.25, -0.2) is 0 Å². The Morgan fingerprint density at radius 1 is 1.41 bits per heavy atom. The molecule has 0 saturated carbocycles. The Labute approximate surface area is 101 Å². The number of rotatable bonds is 3. The maximum Gasteiger partial charge on any atom is 0.125 e. The van der Waals surface area contributed by atoms with Crippen molar-refractivity contribution in [3.63, 3.8) is 0 Å². The Bertz CT molecular complexity index is 528. The van der Waals surface area contributed by atoms with E-state index in [2.05, 4.69) is 17.0 Å². The number of hydrogen-bond acceptors (Lipinski definition) is 3. The van der Waals surface area contributed by atoms with Gasteiger partial charge in [0, 0.05) is 30.1 Å². The molecule has 0 spiro atoms. The molecule has 0 fully saturated rings. The van der Waals surface area contributed by atoms with E-state index in [-0.39, 0.29) is 0 Å². The van der Waals surface area contributed by atoms with Gasteiger partial charge in [-0.1, -0.05) is 13.3 Å². The molecule has 0 saturated heterocycles. The lowest BCUT2D eigenvalue weighted by atomic mass is 10.0. The van der Waals surface area contributed by atoms with E-state index in [1.807, 2.05) is 32.3 Å². The largest absolute Gasteiger partial charge is 0.384 e. The van der Waals surface area contributed by atoms with E-state index < -0.39 is 0 Å². The number of nitrogen functional groups attached to an aromatic ring is 1. The lowest BCUT2D eigenvalue weighted by Crippen LogP contribution is -1.99. The number of hydrogen-bond donors (Lipinski definition) is 1. The summed E-state index contributed by atoms with van der Waals surface area (Å²) in [6, 6.07) is 4.02. The summed E-state index contributed by atoms with van der Waals surface area (Å²) in [5, 5.41) is 4.50. The Morgan fingerprint density at radius 3 is 2.82 bits per heavy atom. The molecule has 2 heterocycles. The molecular formula is C13H18N4. The maximum absolute atomic E-state index is 6.05. The molecule has 2 aromatic rings. The summed E-state index contributed by atoms with van der Waals surface area (Å²) in [6.45, 7) is 4.13. The van der Waals surface area contributed by atoms with Crippen LogP contribution in [0, 0.1) is 6.92 Å². The highest BCUT2D eigenvalue weighted by Gasteiger charge is 2.14. The fraction of sp³-hybridized carbons (Fsp3) is 0.385. The molecule has 0 unspecified atom stereocenters. The van der Waals surface area contributed by atoms with E-state index in [0.717, 1.165) is 41.2 Å². The van der Waals surface area contributed by atoms with Crippen molar-refractivity contribution in [2.24, 2.45) is 7.05 Å². The first kappa shape index (κ1) is 11.6. The van der Waals surface area contributed by atoms with Gasteiger partial charge in [0.2, 0.25) is 0 Å². The molecule has 0 aliphatic heterocycles. The standard InChI is InChI=1S/C13H18N4/c1-4-5-11-12(16-17(3)13(11)14)10-6-7-15-9(2)8-10/h6-8H,4-5,14H2,1-3H3. The Balaban J connectivity index is 2.55. The highest BCUT2D eigenvalue weighted by molar-refractivity contribution is 5.68. The van der Waals surface area contributed by atoms with Gasteiger partial charge in [0.05, 0.1) is 5.69 Å². The smallest absolute Gasteiger partial charge is 0.125 e. The second kappa shape index (κ2) is 4.57. The topological polar surface area (TPSA) is 56.7 Å². The lowest BCUT2D eigenvalue weighted by Gasteiger charge is -2.02. The van der Waals surface area contributed by atoms with Crippen molar-refractivity contribution in [2.45, 2.75) is 26.7 Å². The van der Waals surface area contributed by atoms with Crippen molar-refractivity contribution < 1.29 is 0 Å². The molecule has 2 aromatic heterocycles. The van der Waals surface area contributed by atoms with Crippen LogP contribution in [0.2, 0.25) is 0 Å². The van der Waals surface area contributed by atoms with Crippen molar-refractivity contribution in [3.05, 3.63) is 29.6 Å². The van der Waals surface area contributed by atoms with Gasteiger partial charge < -0.3 is 5.73 Å². The van der Waals surface area contributed by atoms with Crippen LogP contribution in [0.3, 0.4) is 0 Å². The second-order valence-electron chi connectivity index (χ2n) is 4.27. The second-order valence-corrected chi connectivity index (χ2v) is 4.27. The molecule has 4 heteroatoms. The first-order valence-electron chi connectivity index (χ1n) is 5.87. The fourth-order valence-corrected chi connectivity index (χ4v) is 2.00. The molecule has 0 radical (unpaired) electrons. The van der Waals surface area contributed by atoms with Crippen LogP contribution in [-0.4, -0.2) is 14.8 Å². The van der Waals surface area contributed by atoms with Gasteiger partial charge in [0.1, 0.15) is 5.82 Å². The molecule has 2 N–H and O–H groups in total. The van der Waals surface area contributed by atoms with E-state index >= 15 is 0 Å². The quantitative estimate of drug-likeness (QED) is 0.880. The maximum atomic E-state index is 6.05. The molecule has 0 aliphatic rings. The number of anilines is 1. The molecule has 4 nitrogen and oxygen atoms in total. The van der Waals surface area contributed by atoms with E-state index in [1.54, 1.807) is 4.68 Å². The minimum Gasteiger partial charge on any atom is -0.384 e. The number of aromatic nitrogens is 3. The van der Waals surface area contributed by atoms with Gasteiger partial charge in [0.15, 0.2) is 0 Å². The van der Waals surface area contributed by atoms with Gasteiger partial charge >= 0.3 is 0 Å². The molecule has 90 valence electrons. The van der Waals surface area contributed by atoms with Crippen LogP contribution >= 0.6 is 0 Å². The number of nitrogens with zero attached hydrogens (tertiary/aromatic N) is 3. The molecule has 17 heavy (non-hydrogen) atoms. The third-order valence-electron chi connectivity index (χ3n) is 2.86. The molecule has 2 rings (SSSR count). The SMILES string of the molecule is CCCc1c(-c2ccnc(C)c2)nn(C)c1N. The Kier molecular flexibility index (Phi) is 3.13. The lowest BCUT2D eigenvalue weighted by molar-refractivity contribution is 0.781. The predicted octanol–water partition coefficient (Wildman–Crippen LogP) is 2.33. The molecule has 0 bridgehead atoms. The van der Waals surface area contributed by atoms with Crippen LogP contribution in [0.1, 0.15) is 24.6 Å². The molecule has 0 aromatic carbocycles.